The minimum Gasteiger partial charge on any atom is -0.496 e. The summed E-state index contributed by atoms with van der Waals surface area (Å²) < 4.78 is 14.1. The molecule has 0 aliphatic rings. The molecular formula is C24H29BrN2O3S. The van der Waals surface area contributed by atoms with Crippen LogP contribution >= 0.6 is 27.7 Å². The summed E-state index contributed by atoms with van der Waals surface area (Å²) in [5, 5.41) is 0.846. The Labute approximate surface area is 196 Å². The van der Waals surface area contributed by atoms with Crippen molar-refractivity contribution >= 4 is 44.6 Å². The number of aromatic nitrogens is 1. The average molecular weight is 505 g/mol. The number of carbonyl (C=O) groups is 1. The highest BCUT2D eigenvalue weighted by atomic mass is 79.9. The van der Waals surface area contributed by atoms with Crippen LogP contribution in [0.2, 0.25) is 0 Å². The molecule has 0 amide bonds. The Morgan fingerprint density at radius 1 is 1.16 bits per heavy atom. The third kappa shape index (κ3) is 5.45. The van der Waals surface area contributed by atoms with E-state index in [4.69, 9.17) is 9.47 Å². The molecule has 0 bridgehead atoms. The number of likely N-dealkylation sites (N-methyl/N-ethyl adjacent to an activating group) is 1. The fourth-order valence-corrected chi connectivity index (χ4v) is 5.07. The van der Waals surface area contributed by atoms with Crippen LogP contribution in [0.3, 0.4) is 0 Å². The molecule has 0 fully saturated rings. The predicted octanol–water partition coefficient (Wildman–Crippen LogP) is 5.74. The molecule has 0 saturated heterocycles. The molecule has 5 nitrogen and oxygen atoms in total. The normalized spacial score (nSPS) is 11.3. The van der Waals surface area contributed by atoms with Crippen molar-refractivity contribution in [3.8, 4) is 5.75 Å². The lowest BCUT2D eigenvalue weighted by molar-refractivity contribution is 0.0467. The van der Waals surface area contributed by atoms with Crippen molar-refractivity contribution in [2.75, 3.05) is 33.4 Å². The van der Waals surface area contributed by atoms with Crippen LogP contribution in [0, 0.1) is 0 Å². The van der Waals surface area contributed by atoms with Gasteiger partial charge < -0.3 is 18.9 Å². The quantitative estimate of drug-likeness (QED) is 0.260. The minimum absolute atomic E-state index is 0.286. The summed E-state index contributed by atoms with van der Waals surface area (Å²) in [5.74, 6) is 1.07. The van der Waals surface area contributed by atoms with Gasteiger partial charge in [-0.05, 0) is 53.3 Å². The zero-order valence-corrected chi connectivity index (χ0v) is 20.9. The van der Waals surface area contributed by atoms with Crippen molar-refractivity contribution in [1.29, 1.82) is 0 Å². The van der Waals surface area contributed by atoms with Gasteiger partial charge in [-0.3, -0.25) is 0 Å². The zero-order chi connectivity index (χ0) is 22.4. The Hall–Kier alpha value is -1.96. The number of hydrogen-bond donors (Lipinski definition) is 0. The second kappa shape index (κ2) is 11.1. The maximum atomic E-state index is 13.2. The van der Waals surface area contributed by atoms with E-state index in [-0.39, 0.29) is 5.97 Å². The van der Waals surface area contributed by atoms with E-state index in [2.05, 4.69) is 51.4 Å². The first-order chi connectivity index (χ1) is 15.0. The molecule has 7 heteroatoms. The number of hydrogen-bond acceptors (Lipinski definition) is 5. The van der Waals surface area contributed by atoms with Crippen LogP contribution < -0.4 is 4.74 Å². The van der Waals surface area contributed by atoms with Crippen LogP contribution in [0.4, 0.5) is 0 Å². The van der Waals surface area contributed by atoms with Crippen molar-refractivity contribution in [1.82, 2.24) is 9.47 Å². The summed E-state index contributed by atoms with van der Waals surface area (Å²) in [4.78, 5) is 16.6. The molecule has 3 aromatic rings. The molecule has 0 N–H and O–H groups in total. The van der Waals surface area contributed by atoms with Gasteiger partial charge in [0.05, 0.1) is 22.7 Å². The number of esters is 1. The van der Waals surface area contributed by atoms with Gasteiger partial charge in [-0.2, -0.15) is 0 Å². The van der Waals surface area contributed by atoms with Crippen LogP contribution in [0.1, 0.15) is 29.9 Å². The number of halogens is 1. The lowest BCUT2D eigenvalue weighted by atomic mass is 10.1. The number of fused-ring (bicyclic) bond motifs is 1. The number of rotatable bonds is 10. The first kappa shape index (κ1) is 23.7. The molecule has 0 aliphatic heterocycles. The number of benzene rings is 2. The molecule has 166 valence electrons. The van der Waals surface area contributed by atoms with E-state index < -0.39 is 0 Å². The number of methoxy groups -OCH3 is 1. The lowest BCUT2D eigenvalue weighted by Gasteiger charge is -2.17. The third-order valence-corrected chi connectivity index (χ3v) is 7.10. The first-order valence-electron chi connectivity index (χ1n) is 10.4. The number of nitrogens with zero attached hydrogens (tertiary/aromatic N) is 2. The van der Waals surface area contributed by atoms with Gasteiger partial charge in [-0.1, -0.05) is 32.0 Å². The Bertz CT molecular complexity index is 1030. The van der Waals surface area contributed by atoms with Crippen LogP contribution in [0.25, 0.3) is 10.9 Å². The maximum Gasteiger partial charge on any atom is 0.340 e. The van der Waals surface area contributed by atoms with Crippen molar-refractivity contribution in [3.05, 3.63) is 58.2 Å². The summed E-state index contributed by atoms with van der Waals surface area (Å²) >= 11 is 5.27. The largest absolute Gasteiger partial charge is 0.496 e. The van der Waals surface area contributed by atoms with Crippen molar-refractivity contribution in [3.63, 3.8) is 0 Å². The number of thioether (sulfide) groups is 1. The predicted molar refractivity (Wildman–Crippen MR) is 131 cm³/mol. The molecule has 31 heavy (non-hydrogen) atoms. The fourth-order valence-electron chi connectivity index (χ4n) is 3.59. The average Bonchev–Trinajstić information content (AvgIpc) is 3.06. The molecule has 0 atom stereocenters. The molecule has 0 radical (unpaired) electrons. The number of carbonyl (C=O) groups excluding carboxylic acids is 1. The Morgan fingerprint density at radius 3 is 2.52 bits per heavy atom. The van der Waals surface area contributed by atoms with Gasteiger partial charge in [0.1, 0.15) is 12.4 Å². The molecule has 0 aliphatic carbocycles. The topological polar surface area (TPSA) is 43.7 Å². The fraction of sp³-hybridized carbons (Fsp3) is 0.375. The maximum absolute atomic E-state index is 13.2. The van der Waals surface area contributed by atoms with Crippen molar-refractivity contribution in [2.24, 2.45) is 7.05 Å². The molecule has 2 aromatic carbocycles. The second-order valence-electron chi connectivity index (χ2n) is 7.15. The SMILES string of the molecule is CCN(CC)CCOC(=O)c1c(CSc2ccccc2)n(C)c2cc(Br)c(OC)cc12. The molecular weight excluding hydrogens is 476 g/mol. The number of aryl methyl sites for hydroxylation is 1. The van der Waals surface area contributed by atoms with Gasteiger partial charge in [0.15, 0.2) is 0 Å². The van der Waals surface area contributed by atoms with E-state index in [0.717, 1.165) is 45.6 Å². The van der Waals surface area contributed by atoms with Gasteiger partial charge in [-0.25, -0.2) is 4.79 Å². The van der Waals surface area contributed by atoms with Gasteiger partial charge in [0.25, 0.3) is 0 Å². The zero-order valence-electron chi connectivity index (χ0n) is 18.5. The van der Waals surface area contributed by atoms with E-state index in [1.165, 1.54) is 0 Å². The molecule has 1 heterocycles. The van der Waals surface area contributed by atoms with E-state index in [1.807, 2.05) is 37.4 Å². The van der Waals surface area contributed by atoms with Gasteiger partial charge in [0.2, 0.25) is 0 Å². The Morgan fingerprint density at radius 2 is 1.87 bits per heavy atom. The lowest BCUT2D eigenvalue weighted by Crippen LogP contribution is -2.28. The summed E-state index contributed by atoms with van der Waals surface area (Å²) in [7, 11) is 3.62. The van der Waals surface area contributed by atoms with E-state index in [0.29, 0.717) is 23.7 Å². The molecule has 0 unspecified atom stereocenters. The highest BCUT2D eigenvalue weighted by Gasteiger charge is 2.24. The third-order valence-electron chi connectivity index (χ3n) is 5.45. The molecule has 0 saturated carbocycles. The van der Waals surface area contributed by atoms with E-state index in [1.54, 1.807) is 18.9 Å². The van der Waals surface area contributed by atoms with Crippen LogP contribution in [-0.4, -0.2) is 48.8 Å². The van der Waals surface area contributed by atoms with Gasteiger partial charge in [-0.15, -0.1) is 11.8 Å². The molecule has 3 rings (SSSR count). The molecule has 0 spiro atoms. The van der Waals surface area contributed by atoms with Gasteiger partial charge in [0, 0.05) is 35.3 Å². The Kier molecular flexibility index (Phi) is 8.46. The van der Waals surface area contributed by atoms with E-state index in [9.17, 15) is 4.79 Å². The second-order valence-corrected chi connectivity index (χ2v) is 9.05. The van der Waals surface area contributed by atoms with Crippen molar-refractivity contribution in [2.45, 2.75) is 24.5 Å². The summed E-state index contributed by atoms with van der Waals surface area (Å²) in [6, 6.07) is 14.1. The minimum atomic E-state index is -0.286. The number of ether oxygens (including phenoxy) is 2. The van der Waals surface area contributed by atoms with Crippen LogP contribution in [-0.2, 0) is 17.5 Å². The smallest absolute Gasteiger partial charge is 0.340 e. The first-order valence-corrected chi connectivity index (χ1v) is 12.2. The highest BCUT2D eigenvalue weighted by Crippen LogP contribution is 2.37. The monoisotopic (exact) mass is 504 g/mol. The highest BCUT2D eigenvalue weighted by molar-refractivity contribution is 9.10. The summed E-state index contributed by atoms with van der Waals surface area (Å²) in [6.45, 7) is 7.19. The van der Waals surface area contributed by atoms with Gasteiger partial charge >= 0.3 is 5.97 Å². The standard InChI is InChI=1S/C24H29BrN2O3S/c1-5-27(6-2)12-13-30-24(28)23-18-14-22(29-4)19(25)15-20(18)26(3)21(23)16-31-17-10-8-7-9-11-17/h7-11,14-15H,5-6,12-13,16H2,1-4H3. The molecule has 1 aromatic heterocycles. The van der Waals surface area contributed by atoms with Crippen LogP contribution in [0.5, 0.6) is 5.75 Å². The Balaban J connectivity index is 1.95. The van der Waals surface area contributed by atoms with E-state index >= 15 is 0 Å². The summed E-state index contributed by atoms with van der Waals surface area (Å²) in [5.41, 5.74) is 2.52. The van der Waals surface area contributed by atoms with Crippen molar-refractivity contribution < 1.29 is 14.3 Å². The van der Waals surface area contributed by atoms with Crippen LogP contribution in [0.15, 0.2) is 51.8 Å². The summed E-state index contributed by atoms with van der Waals surface area (Å²) in [6.07, 6.45) is 0.